The summed E-state index contributed by atoms with van der Waals surface area (Å²) in [6, 6.07) is 9.57. The molecule has 0 amide bonds. The van der Waals surface area contributed by atoms with Crippen molar-refractivity contribution >= 4 is 26.8 Å². The molecule has 134 valence electrons. The van der Waals surface area contributed by atoms with Crippen LogP contribution in [0.4, 0.5) is 5.82 Å². The van der Waals surface area contributed by atoms with Crippen LogP contribution in [-0.4, -0.2) is 27.8 Å². The van der Waals surface area contributed by atoms with Crippen molar-refractivity contribution in [2.75, 3.05) is 18.9 Å². The van der Waals surface area contributed by atoms with E-state index in [0.717, 1.165) is 0 Å². The Bertz CT molecular complexity index is 1130. The van der Waals surface area contributed by atoms with Gasteiger partial charge in [0.1, 0.15) is 16.4 Å². The van der Waals surface area contributed by atoms with Crippen LogP contribution in [-0.2, 0) is 10.0 Å². The van der Waals surface area contributed by atoms with Crippen LogP contribution in [0.25, 0.3) is 11.0 Å². The third-order valence-electron chi connectivity index (χ3n) is 3.83. The van der Waals surface area contributed by atoms with Crippen molar-refractivity contribution in [2.45, 2.75) is 11.8 Å². The molecular weight excluding hydrogens is 358 g/mol. The molecule has 0 saturated heterocycles. The van der Waals surface area contributed by atoms with Crippen LogP contribution in [0.15, 0.2) is 39.8 Å². The second-order valence-corrected chi connectivity index (χ2v) is 7.08. The Balaban J connectivity index is 2.05. The van der Waals surface area contributed by atoms with Gasteiger partial charge < -0.3 is 14.0 Å². The second-order valence-electron chi connectivity index (χ2n) is 5.43. The molecular formula is C17H15N3O5S. The molecule has 0 spiro atoms. The first-order valence-electron chi connectivity index (χ1n) is 7.44. The minimum absolute atomic E-state index is 0.0328. The molecule has 0 fully saturated rings. The predicted molar refractivity (Wildman–Crippen MR) is 93.8 cm³/mol. The first-order valence-corrected chi connectivity index (χ1v) is 8.93. The van der Waals surface area contributed by atoms with E-state index >= 15 is 0 Å². The van der Waals surface area contributed by atoms with Gasteiger partial charge in [0.15, 0.2) is 11.4 Å². The van der Waals surface area contributed by atoms with Crippen molar-refractivity contribution < 1.29 is 22.4 Å². The average molecular weight is 373 g/mol. The van der Waals surface area contributed by atoms with Gasteiger partial charge in [0.25, 0.3) is 10.0 Å². The number of hydrogen-bond acceptors (Lipinski definition) is 7. The average Bonchev–Trinajstić information content (AvgIpc) is 3.01. The fraction of sp³-hybridized carbons (Fsp3) is 0.176. The van der Waals surface area contributed by atoms with Gasteiger partial charge in [-0.3, -0.25) is 4.72 Å². The molecule has 26 heavy (non-hydrogen) atoms. The smallest absolute Gasteiger partial charge is 0.266 e. The number of nitrogens with zero attached hydrogens (tertiary/aromatic N) is 2. The van der Waals surface area contributed by atoms with E-state index in [1.54, 1.807) is 13.0 Å². The van der Waals surface area contributed by atoms with Crippen molar-refractivity contribution in [3.05, 3.63) is 41.5 Å². The van der Waals surface area contributed by atoms with Gasteiger partial charge in [-0.15, -0.1) is 0 Å². The van der Waals surface area contributed by atoms with Crippen molar-refractivity contribution in [1.29, 1.82) is 5.26 Å². The monoisotopic (exact) mass is 373 g/mol. The lowest BCUT2D eigenvalue weighted by Crippen LogP contribution is -2.14. The number of aromatic nitrogens is 1. The predicted octanol–water partition coefficient (Wildman–Crippen LogP) is 2.83. The maximum Gasteiger partial charge on any atom is 0.266 e. The molecule has 2 aromatic carbocycles. The fourth-order valence-corrected chi connectivity index (χ4v) is 3.63. The highest BCUT2D eigenvalue weighted by Crippen LogP contribution is 2.32. The van der Waals surface area contributed by atoms with Gasteiger partial charge in [-0.05, 0) is 30.7 Å². The van der Waals surface area contributed by atoms with E-state index in [4.69, 9.17) is 19.3 Å². The third-order valence-corrected chi connectivity index (χ3v) is 5.21. The molecule has 0 aliphatic heterocycles. The van der Waals surface area contributed by atoms with Gasteiger partial charge in [-0.2, -0.15) is 5.26 Å². The Hall–Kier alpha value is -3.25. The lowest BCUT2D eigenvalue weighted by molar-refractivity contribution is 0.386. The first-order chi connectivity index (χ1) is 12.4. The number of methoxy groups -OCH3 is 2. The van der Waals surface area contributed by atoms with Crippen molar-refractivity contribution in [3.8, 4) is 17.6 Å². The maximum absolute atomic E-state index is 12.8. The lowest BCUT2D eigenvalue weighted by Gasteiger charge is -2.11. The standard InChI is InChI=1S/C17H15N3O5S/c1-10-6-13-14(7-11(10)9-18)25-19-17(13)20-26(21,22)16-5-4-12(23-2)8-15(16)24-3/h4-8H,1-3H3,(H,19,20). The Morgan fingerprint density at radius 1 is 1.19 bits per heavy atom. The molecule has 3 rings (SSSR count). The molecule has 0 saturated carbocycles. The van der Waals surface area contributed by atoms with Gasteiger partial charge in [-0.1, -0.05) is 5.16 Å². The molecule has 1 aromatic heterocycles. The molecule has 3 aromatic rings. The summed E-state index contributed by atoms with van der Waals surface area (Å²) < 4.78 is 43.3. The first kappa shape index (κ1) is 17.6. The van der Waals surface area contributed by atoms with Crippen LogP contribution < -0.4 is 14.2 Å². The van der Waals surface area contributed by atoms with Crippen LogP contribution in [0.3, 0.4) is 0 Å². The zero-order chi connectivity index (χ0) is 18.9. The molecule has 0 bridgehead atoms. The second kappa shape index (κ2) is 6.57. The molecule has 0 atom stereocenters. The number of sulfonamides is 1. The number of ether oxygens (including phenoxy) is 2. The fourth-order valence-electron chi connectivity index (χ4n) is 2.47. The summed E-state index contributed by atoms with van der Waals surface area (Å²) >= 11 is 0. The van der Waals surface area contributed by atoms with E-state index in [-0.39, 0.29) is 16.5 Å². The molecule has 8 nitrogen and oxygen atoms in total. The molecule has 0 aliphatic carbocycles. The topological polar surface area (TPSA) is 114 Å². The summed E-state index contributed by atoms with van der Waals surface area (Å²) in [6.07, 6.45) is 0. The number of aryl methyl sites for hydroxylation is 1. The van der Waals surface area contributed by atoms with E-state index in [1.807, 2.05) is 6.07 Å². The maximum atomic E-state index is 12.8. The van der Waals surface area contributed by atoms with Gasteiger partial charge in [0.2, 0.25) is 0 Å². The normalized spacial score (nSPS) is 11.2. The van der Waals surface area contributed by atoms with Crippen molar-refractivity contribution in [3.63, 3.8) is 0 Å². The molecule has 1 N–H and O–H groups in total. The Morgan fingerprint density at radius 3 is 2.62 bits per heavy atom. The molecule has 0 unspecified atom stereocenters. The van der Waals surface area contributed by atoms with Crippen molar-refractivity contribution in [1.82, 2.24) is 5.16 Å². The van der Waals surface area contributed by atoms with Gasteiger partial charge in [0.05, 0.1) is 31.2 Å². The third kappa shape index (κ3) is 3.02. The number of rotatable bonds is 5. The highest BCUT2D eigenvalue weighted by atomic mass is 32.2. The summed E-state index contributed by atoms with van der Waals surface area (Å²) in [5.74, 6) is 0.630. The van der Waals surface area contributed by atoms with E-state index in [1.165, 1.54) is 38.5 Å². The highest BCUT2D eigenvalue weighted by molar-refractivity contribution is 7.92. The minimum Gasteiger partial charge on any atom is -0.497 e. The van der Waals surface area contributed by atoms with Gasteiger partial charge >= 0.3 is 0 Å². The van der Waals surface area contributed by atoms with Crippen LogP contribution >= 0.6 is 0 Å². The summed E-state index contributed by atoms with van der Waals surface area (Å²) in [5, 5.41) is 13.3. The number of nitriles is 1. The summed E-state index contributed by atoms with van der Waals surface area (Å²) in [4.78, 5) is -0.0673. The quantitative estimate of drug-likeness (QED) is 0.731. The Kier molecular flexibility index (Phi) is 4.44. The summed E-state index contributed by atoms with van der Waals surface area (Å²) in [6.45, 7) is 1.75. The summed E-state index contributed by atoms with van der Waals surface area (Å²) in [5.41, 5.74) is 1.43. The lowest BCUT2D eigenvalue weighted by atomic mass is 10.1. The Labute approximate surface area is 150 Å². The largest absolute Gasteiger partial charge is 0.497 e. The van der Waals surface area contributed by atoms with Crippen LogP contribution in [0.5, 0.6) is 11.5 Å². The number of anilines is 1. The number of fused-ring (bicyclic) bond motifs is 1. The van der Waals surface area contributed by atoms with Crippen LogP contribution in [0.1, 0.15) is 11.1 Å². The number of hydrogen-bond donors (Lipinski definition) is 1. The minimum atomic E-state index is -3.99. The molecule has 1 heterocycles. The zero-order valence-electron chi connectivity index (χ0n) is 14.2. The highest BCUT2D eigenvalue weighted by Gasteiger charge is 2.23. The molecule has 0 radical (unpaired) electrons. The van der Waals surface area contributed by atoms with E-state index in [9.17, 15) is 8.42 Å². The van der Waals surface area contributed by atoms with Crippen molar-refractivity contribution in [2.24, 2.45) is 0 Å². The van der Waals surface area contributed by atoms with E-state index in [2.05, 4.69) is 9.88 Å². The molecule has 0 aliphatic rings. The number of nitrogens with one attached hydrogen (secondary N) is 1. The Morgan fingerprint density at radius 2 is 1.96 bits per heavy atom. The van der Waals surface area contributed by atoms with E-state index < -0.39 is 10.0 Å². The number of benzene rings is 2. The summed E-state index contributed by atoms with van der Waals surface area (Å²) in [7, 11) is -1.15. The van der Waals surface area contributed by atoms with E-state index in [0.29, 0.717) is 27.8 Å². The van der Waals surface area contributed by atoms with Gasteiger partial charge in [-0.25, -0.2) is 8.42 Å². The van der Waals surface area contributed by atoms with Crippen LogP contribution in [0.2, 0.25) is 0 Å². The SMILES string of the molecule is COc1ccc(S(=O)(=O)Nc2noc3cc(C#N)c(C)cc23)c(OC)c1. The zero-order valence-corrected chi connectivity index (χ0v) is 15.0. The van der Waals surface area contributed by atoms with Crippen LogP contribution in [0, 0.1) is 18.3 Å². The molecule has 9 heteroatoms. The van der Waals surface area contributed by atoms with Gasteiger partial charge in [0, 0.05) is 12.1 Å².